The first-order valence-electron chi connectivity index (χ1n) is 7.44. The molecule has 0 saturated carbocycles. The van der Waals surface area contributed by atoms with Crippen LogP contribution in [0.4, 0.5) is 8.78 Å². The second-order valence-corrected chi connectivity index (χ2v) is 5.49. The van der Waals surface area contributed by atoms with Crippen LogP contribution in [0.5, 0.6) is 0 Å². The lowest BCUT2D eigenvalue weighted by molar-refractivity contribution is -0.121. The van der Waals surface area contributed by atoms with E-state index in [0.29, 0.717) is 17.1 Å². The Morgan fingerprint density at radius 2 is 2.17 bits per heavy atom. The molecule has 0 radical (unpaired) electrons. The molecule has 2 aromatic heterocycles. The Morgan fingerprint density at radius 1 is 1.42 bits per heavy atom. The minimum atomic E-state index is -2.49. The number of alkyl halides is 2. The maximum atomic E-state index is 12.3. The minimum absolute atomic E-state index is 0.212. The van der Waals surface area contributed by atoms with Gasteiger partial charge in [-0.25, -0.2) is 13.8 Å². The first-order valence-corrected chi connectivity index (χ1v) is 7.44. The number of rotatable bonds is 6. The standard InChI is InChI=1S/C16H18F2N4O2/c1-9(6-13(17)18)20-14(23)7-12-10(2)21-15(22-16(12)24)11-4-3-5-19-8-11/h3-5,8-9,13H,6-7H2,1-2H3,(H,20,23)(H,21,22,24). The predicted molar refractivity (Wildman–Crippen MR) is 84.8 cm³/mol. The molecule has 0 aromatic carbocycles. The molecule has 1 atom stereocenters. The number of nitrogens with one attached hydrogen (secondary N) is 2. The molecule has 8 heteroatoms. The van der Waals surface area contributed by atoms with Gasteiger partial charge >= 0.3 is 0 Å². The predicted octanol–water partition coefficient (Wildman–Crippen LogP) is 1.84. The number of carbonyl (C=O) groups excluding carboxylic acids is 1. The molecule has 0 aliphatic rings. The molecular weight excluding hydrogens is 318 g/mol. The molecule has 24 heavy (non-hydrogen) atoms. The van der Waals surface area contributed by atoms with Crippen LogP contribution in [-0.2, 0) is 11.2 Å². The first-order chi connectivity index (χ1) is 11.4. The number of amides is 1. The molecule has 0 spiro atoms. The topological polar surface area (TPSA) is 87.7 Å². The second kappa shape index (κ2) is 7.76. The summed E-state index contributed by atoms with van der Waals surface area (Å²) in [4.78, 5) is 35.0. The third-order valence-electron chi connectivity index (χ3n) is 3.43. The summed E-state index contributed by atoms with van der Waals surface area (Å²) in [5.41, 5.74) is 0.843. The molecule has 0 fully saturated rings. The third-order valence-corrected chi connectivity index (χ3v) is 3.43. The normalized spacial score (nSPS) is 12.2. The third kappa shape index (κ3) is 4.68. The fourth-order valence-corrected chi connectivity index (χ4v) is 2.27. The van der Waals surface area contributed by atoms with E-state index < -0.39 is 30.4 Å². The van der Waals surface area contributed by atoms with Gasteiger partial charge in [-0.05, 0) is 26.0 Å². The number of carbonyl (C=O) groups is 1. The summed E-state index contributed by atoms with van der Waals surface area (Å²) < 4.78 is 24.5. The molecule has 0 bridgehead atoms. The molecule has 2 N–H and O–H groups in total. The Balaban J connectivity index is 2.14. The van der Waals surface area contributed by atoms with Crippen LogP contribution in [0, 0.1) is 6.92 Å². The lowest BCUT2D eigenvalue weighted by Crippen LogP contribution is -2.36. The Morgan fingerprint density at radius 3 is 2.75 bits per heavy atom. The molecule has 2 aromatic rings. The van der Waals surface area contributed by atoms with Crippen molar-refractivity contribution in [3.8, 4) is 11.4 Å². The largest absolute Gasteiger partial charge is 0.353 e. The molecule has 2 heterocycles. The number of hydrogen-bond acceptors (Lipinski definition) is 4. The molecule has 0 aliphatic heterocycles. The highest BCUT2D eigenvalue weighted by molar-refractivity contribution is 5.79. The molecule has 128 valence electrons. The molecule has 1 unspecified atom stereocenters. The van der Waals surface area contributed by atoms with E-state index in [1.165, 1.54) is 6.92 Å². The van der Waals surface area contributed by atoms with Gasteiger partial charge in [-0.2, -0.15) is 0 Å². The van der Waals surface area contributed by atoms with Gasteiger partial charge in [0.25, 0.3) is 5.56 Å². The van der Waals surface area contributed by atoms with E-state index in [4.69, 9.17) is 0 Å². The quantitative estimate of drug-likeness (QED) is 0.843. The van der Waals surface area contributed by atoms with Gasteiger partial charge in [-0.15, -0.1) is 0 Å². The van der Waals surface area contributed by atoms with E-state index in [-0.39, 0.29) is 12.0 Å². The van der Waals surface area contributed by atoms with Crippen molar-refractivity contribution >= 4 is 5.91 Å². The highest BCUT2D eigenvalue weighted by Crippen LogP contribution is 2.13. The average Bonchev–Trinajstić information content (AvgIpc) is 2.50. The maximum Gasteiger partial charge on any atom is 0.255 e. The number of halogens is 2. The monoisotopic (exact) mass is 336 g/mol. The first kappa shape index (κ1) is 17.7. The number of nitrogens with zero attached hydrogens (tertiary/aromatic N) is 2. The Hall–Kier alpha value is -2.64. The summed E-state index contributed by atoms with van der Waals surface area (Å²) in [6.45, 7) is 3.12. The molecule has 2 rings (SSSR count). The van der Waals surface area contributed by atoms with Crippen molar-refractivity contribution in [1.82, 2.24) is 20.3 Å². The second-order valence-electron chi connectivity index (χ2n) is 5.49. The highest BCUT2D eigenvalue weighted by Gasteiger charge is 2.17. The van der Waals surface area contributed by atoms with E-state index in [9.17, 15) is 18.4 Å². The maximum absolute atomic E-state index is 12.3. The van der Waals surface area contributed by atoms with Gasteiger partial charge in [-0.1, -0.05) is 0 Å². The fraction of sp³-hybridized carbons (Fsp3) is 0.375. The van der Waals surface area contributed by atoms with Crippen molar-refractivity contribution in [2.24, 2.45) is 0 Å². The SMILES string of the molecule is Cc1nc(-c2cccnc2)[nH]c(=O)c1CC(=O)NC(C)CC(F)F. The Kier molecular flexibility index (Phi) is 5.73. The summed E-state index contributed by atoms with van der Waals surface area (Å²) in [5.74, 6) is -0.131. The van der Waals surface area contributed by atoms with Crippen molar-refractivity contribution in [3.05, 3.63) is 46.1 Å². The van der Waals surface area contributed by atoms with Gasteiger partial charge in [0.15, 0.2) is 0 Å². The summed E-state index contributed by atoms with van der Waals surface area (Å²) in [5, 5.41) is 2.45. The van der Waals surface area contributed by atoms with E-state index in [2.05, 4.69) is 20.3 Å². The molecule has 1 amide bonds. The summed E-state index contributed by atoms with van der Waals surface area (Å²) >= 11 is 0. The number of hydrogen-bond donors (Lipinski definition) is 2. The van der Waals surface area contributed by atoms with E-state index in [1.54, 1.807) is 31.5 Å². The zero-order valence-corrected chi connectivity index (χ0v) is 13.3. The molecular formula is C16H18F2N4O2. The smallest absolute Gasteiger partial charge is 0.255 e. The summed E-state index contributed by atoms with van der Waals surface area (Å²) in [7, 11) is 0. The van der Waals surface area contributed by atoms with Gasteiger partial charge in [-0.3, -0.25) is 14.6 Å². The number of aromatic nitrogens is 3. The van der Waals surface area contributed by atoms with Crippen molar-refractivity contribution in [3.63, 3.8) is 0 Å². The molecule has 0 saturated heterocycles. The molecule has 6 nitrogen and oxygen atoms in total. The number of aryl methyl sites for hydroxylation is 1. The zero-order valence-electron chi connectivity index (χ0n) is 13.3. The van der Waals surface area contributed by atoms with Crippen LogP contribution in [0.15, 0.2) is 29.3 Å². The average molecular weight is 336 g/mol. The molecule has 0 aliphatic carbocycles. The Bertz CT molecular complexity index is 762. The van der Waals surface area contributed by atoms with Crippen LogP contribution in [0.3, 0.4) is 0 Å². The van der Waals surface area contributed by atoms with Crippen LogP contribution in [0.1, 0.15) is 24.6 Å². The van der Waals surface area contributed by atoms with Crippen molar-refractivity contribution < 1.29 is 13.6 Å². The van der Waals surface area contributed by atoms with Gasteiger partial charge < -0.3 is 10.3 Å². The van der Waals surface area contributed by atoms with Crippen LogP contribution in [0.25, 0.3) is 11.4 Å². The van der Waals surface area contributed by atoms with E-state index in [1.807, 2.05) is 0 Å². The Labute approximate surface area is 137 Å². The number of pyridine rings is 1. The summed E-state index contributed by atoms with van der Waals surface area (Å²) in [6, 6.07) is 2.80. The van der Waals surface area contributed by atoms with Gasteiger partial charge in [0.05, 0.1) is 6.42 Å². The van der Waals surface area contributed by atoms with Crippen molar-refractivity contribution in [2.45, 2.75) is 39.2 Å². The van der Waals surface area contributed by atoms with Crippen molar-refractivity contribution in [2.75, 3.05) is 0 Å². The number of aromatic amines is 1. The van der Waals surface area contributed by atoms with Gasteiger partial charge in [0, 0.05) is 41.7 Å². The van der Waals surface area contributed by atoms with Crippen LogP contribution in [0.2, 0.25) is 0 Å². The highest BCUT2D eigenvalue weighted by atomic mass is 19.3. The van der Waals surface area contributed by atoms with E-state index >= 15 is 0 Å². The van der Waals surface area contributed by atoms with Crippen molar-refractivity contribution in [1.29, 1.82) is 0 Å². The zero-order chi connectivity index (χ0) is 17.7. The van der Waals surface area contributed by atoms with Gasteiger partial charge in [0.2, 0.25) is 12.3 Å². The minimum Gasteiger partial charge on any atom is -0.353 e. The fourth-order valence-electron chi connectivity index (χ4n) is 2.27. The van der Waals surface area contributed by atoms with E-state index in [0.717, 1.165) is 0 Å². The van der Waals surface area contributed by atoms with Gasteiger partial charge in [0.1, 0.15) is 5.82 Å². The summed E-state index contributed by atoms with van der Waals surface area (Å²) in [6.07, 6.45) is 0.0314. The van der Waals surface area contributed by atoms with Crippen LogP contribution >= 0.6 is 0 Å². The number of H-pyrrole nitrogens is 1. The van der Waals surface area contributed by atoms with Crippen LogP contribution in [-0.4, -0.2) is 33.3 Å². The lowest BCUT2D eigenvalue weighted by atomic mass is 10.1. The van der Waals surface area contributed by atoms with Crippen LogP contribution < -0.4 is 10.9 Å². The lowest BCUT2D eigenvalue weighted by Gasteiger charge is -2.13.